The zero-order valence-corrected chi connectivity index (χ0v) is 17.0. The summed E-state index contributed by atoms with van der Waals surface area (Å²) in [5.74, 6) is 0.499. The van der Waals surface area contributed by atoms with E-state index in [0.29, 0.717) is 12.1 Å². The molecule has 3 aromatic rings. The number of amides is 1. The molecule has 0 unspecified atom stereocenters. The van der Waals surface area contributed by atoms with E-state index in [2.05, 4.69) is 54.1 Å². The van der Waals surface area contributed by atoms with Gasteiger partial charge < -0.3 is 5.32 Å². The van der Waals surface area contributed by atoms with Gasteiger partial charge >= 0.3 is 0 Å². The first kappa shape index (κ1) is 19.2. The fourth-order valence-corrected chi connectivity index (χ4v) is 4.08. The van der Waals surface area contributed by atoms with Gasteiger partial charge in [-0.1, -0.05) is 59.8 Å². The Hall–Kier alpha value is -3.09. The lowest BCUT2D eigenvalue weighted by atomic mass is 10.1. The number of aliphatic imine (C=N–C) groups is 1. The summed E-state index contributed by atoms with van der Waals surface area (Å²) in [6.45, 7) is 2.64. The number of nitrogens with zero attached hydrogens (tertiary/aromatic N) is 1. The number of amidine groups is 1. The second-order valence-corrected chi connectivity index (χ2v) is 7.80. The standard InChI is InChI=1S/C23H21N3O2S/c1-15-7-9-16(10-8-15)14-24-22-18-5-3-4-6-20(18)29-21-12-11-17(13-19(21)25-22)23(27)26-28-2/h3-13H,14H2,1-2H3,(H,24,25)(H,26,27). The molecule has 6 heteroatoms. The van der Waals surface area contributed by atoms with E-state index in [1.165, 1.54) is 12.7 Å². The Morgan fingerprint density at radius 2 is 1.86 bits per heavy atom. The van der Waals surface area contributed by atoms with Crippen LogP contribution in [0.1, 0.15) is 27.0 Å². The summed E-state index contributed by atoms with van der Waals surface area (Å²) in [5.41, 5.74) is 7.14. The van der Waals surface area contributed by atoms with Crippen LogP contribution in [0.3, 0.4) is 0 Å². The van der Waals surface area contributed by atoms with E-state index >= 15 is 0 Å². The number of benzene rings is 3. The summed E-state index contributed by atoms with van der Waals surface area (Å²) in [5, 5.41) is 3.44. The van der Waals surface area contributed by atoms with Gasteiger partial charge in [-0.15, -0.1) is 0 Å². The molecule has 1 heterocycles. The Bertz CT molecular complexity index is 1080. The van der Waals surface area contributed by atoms with Gasteiger partial charge in [0.15, 0.2) is 0 Å². The maximum absolute atomic E-state index is 12.2. The van der Waals surface area contributed by atoms with E-state index in [1.54, 1.807) is 17.8 Å². The van der Waals surface area contributed by atoms with Gasteiger partial charge in [0.1, 0.15) is 5.84 Å². The molecule has 0 saturated heterocycles. The van der Waals surface area contributed by atoms with Crippen molar-refractivity contribution in [2.24, 2.45) is 4.99 Å². The zero-order valence-electron chi connectivity index (χ0n) is 16.2. The van der Waals surface area contributed by atoms with Crippen LogP contribution < -0.4 is 10.8 Å². The molecule has 5 nitrogen and oxygen atoms in total. The first-order valence-corrected chi connectivity index (χ1v) is 10.1. The van der Waals surface area contributed by atoms with Crippen molar-refractivity contribution in [3.8, 4) is 0 Å². The minimum Gasteiger partial charge on any atom is -0.339 e. The second kappa shape index (κ2) is 8.51. The average molecular weight is 404 g/mol. The summed E-state index contributed by atoms with van der Waals surface area (Å²) in [6, 6.07) is 22.1. The van der Waals surface area contributed by atoms with Crippen LogP contribution in [0.15, 0.2) is 81.5 Å². The largest absolute Gasteiger partial charge is 0.339 e. The number of carbonyl (C=O) groups is 1. The highest BCUT2D eigenvalue weighted by molar-refractivity contribution is 7.99. The summed E-state index contributed by atoms with van der Waals surface area (Å²) in [7, 11) is 1.42. The lowest BCUT2D eigenvalue weighted by Gasteiger charge is -2.11. The molecule has 1 aliphatic rings. The predicted molar refractivity (Wildman–Crippen MR) is 117 cm³/mol. The highest BCUT2D eigenvalue weighted by Gasteiger charge is 2.19. The van der Waals surface area contributed by atoms with Crippen LogP contribution in [0.25, 0.3) is 0 Å². The van der Waals surface area contributed by atoms with Gasteiger partial charge in [0.25, 0.3) is 5.91 Å². The van der Waals surface area contributed by atoms with Crippen LogP contribution in [-0.4, -0.2) is 18.9 Å². The molecule has 3 aromatic carbocycles. The van der Waals surface area contributed by atoms with Crippen molar-refractivity contribution in [1.29, 1.82) is 0 Å². The van der Waals surface area contributed by atoms with Crippen molar-refractivity contribution in [2.45, 2.75) is 23.3 Å². The number of hydrogen-bond acceptors (Lipinski definition) is 4. The van der Waals surface area contributed by atoms with Crippen molar-refractivity contribution in [2.75, 3.05) is 12.4 Å². The Labute approximate surface area is 174 Å². The molecule has 0 bridgehead atoms. The Morgan fingerprint density at radius 1 is 1.07 bits per heavy atom. The molecule has 2 N–H and O–H groups in total. The van der Waals surface area contributed by atoms with Gasteiger partial charge in [-0.2, -0.15) is 0 Å². The van der Waals surface area contributed by atoms with Gasteiger partial charge in [0, 0.05) is 20.9 Å². The average Bonchev–Trinajstić information content (AvgIpc) is 2.89. The molecular formula is C23H21N3O2S. The number of carbonyl (C=O) groups excluding carboxylic acids is 1. The fourth-order valence-electron chi connectivity index (χ4n) is 3.06. The van der Waals surface area contributed by atoms with Crippen molar-refractivity contribution in [3.05, 3.63) is 89.0 Å². The monoisotopic (exact) mass is 403 g/mol. The van der Waals surface area contributed by atoms with E-state index in [1.807, 2.05) is 24.3 Å². The number of nitrogens with one attached hydrogen (secondary N) is 2. The Morgan fingerprint density at radius 3 is 2.66 bits per heavy atom. The third-order valence-corrected chi connectivity index (χ3v) is 5.74. The SMILES string of the molecule is CONC(=O)c1ccc2c(c1)NC(=NCc1ccc(C)cc1)c1ccccc1S2. The minimum absolute atomic E-state index is 0.290. The van der Waals surface area contributed by atoms with Crippen LogP contribution in [0.5, 0.6) is 0 Å². The third kappa shape index (κ3) is 4.34. The number of fused-ring (bicyclic) bond motifs is 2. The number of hydroxylamine groups is 1. The van der Waals surface area contributed by atoms with Gasteiger partial charge in [-0.3, -0.25) is 14.6 Å². The quantitative estimate of drug-likeness (QED) is 0.614. The van der Waals surface area contributed by atoms with E-state index < -0.39 is 0 Å². The third-order valence-electron chi connectivity index (χ3n) is 4.59. The fraction of sp³-hybridized carbons (Fsp3) is 0.130. The van der Waals surface area contributed by atoms with E-state index in [-0.39, 0.29) is 5.91 Å². The van der Waals surface area contributed by atoms with Crippen LogP contribution in [0.4, 0.5) is 5.69 Å². The molecule has 0 saturated carbocycles. The van der Waals surface area contributed by atoms with E-state index in [4.69, 9.17) is 9.83 Å². The molecule has 1 amide bonds. The molecule has 0 radical (unpaired) electrons. The number of rotatable bonds is 4. The van der Waals surface area contributed by atoms with E-state index in [0.717, 1.165) is 32.4 Å². The lowest BCUT2D eigenvalue weighted by Crippen LogP contribution is -2.22. The highest BCUT2D eigenvalue weighted by Crippen LogP contribution is 2.39. The molecule has 0 aliphatic carbocycles. The summed E-state index contributed by atoms with van der Waals surface area (Å²) in [4.78, 5) is 23.9. The lowest BCUT2D eigenvalue weighted by molar-refractivity contribution is 0.0537. The summed E-state index contributed by atoms with van der Waals surface area (Å²) < 4.78 is 0. The highest BCUT2D eigenvalue weighted by atomic mass is 32.2. The van der Waals surface area contributed by atoms with Crippen LogP contribution in [0.2, 0.25) is 0 Å². The summed E-state index contributed by atoms with van der Waals surface area (Å²) in [6.07, 6.45) is 0. The van der Waals surface area contributed by atoms with Crippen molar-refractivity contribution >= 4 is 29.2 Å². The van der Waals surface area contributed by atoms with E-state index in [9.17, 15) is 4.79 Å². The van der Waals surface area contributed by atoms with Crippen LogP contribution in [0, 0.1) is 6.92 Å². The molecule has 0 aromatic heterocycles. The molecule has 146 valence electrons. The Balaban J connectivity index is 1.71. The zero-order chi connectivity index (χ0) is 20.2. The Kier molecular flexibility index (Phi) is 5.64. The van der Waals surface area contributed by atoms with Crippen LogP contribution in [-0.2, 0) is 11.4 Å². The van der Waals surface area contributed by atoms with Crippen molar-refractivity contribution in [1.82, 2.24) is 5.48 Å². The number of anilines is 1. The first-order valence-electron chi connectivity index (χ1n) is 9.25. The predicted octanol–water partition coefficient (Wildman–Crippen LogP) is 4.81. The number of aryl methyl sites for hydroxylation is 1. The maximum Gasteiger partial charge on any atom is 0.274 e. The van der Waals surface area contributed by atoms with Crippen molar-refractivity contribution < 1.29 is 9.63 Å². The molecule has 4 rings (SSSR count). The van der Waals surface area contributed by atoms with Gasteiger partial charge in [-0.05, 0) is 36.8 Å². The number of hydrogen-bond donors (Lipinski definition) is 2. The van der Waals surface area contributed by atoms with Gasteiger partial charge in [-0.25, -0.2) is 5.48 Å². The van der Waals surface area contributed by atoms with Gasteiger partial charge in [0.05, 0.1) is 19.3 Å². The maximum atomic E-state index is 12.2. The van der Waals surface area contributed by atoms with Crippen molar-refractivity contribution in [3.63, 3.8) is 0 Å². The molecule has 0 spiro atoms. The smallest absolute Gasteiger partial charge is 0.274 e. The molecule has 0 atom stereocenters. The molecular weight excluding hydrogens is 382 g/mol. The first-order chi connectivity index (χ1) is 14.1. The summed E-state index contributed by atoms with van der Waals surface area (Å²) >= 11 is 1.66. The topological polar surface area (TPSA) is 62.7 Å². The minimum atomic E-state index is -0.290. The van der Waals surface area contributed by atoms with Crippen LogP contribution >= 0.6 is 11.8 Å². The molecule has 0 fully saturated rings. The second-order valence-electron chi connectivity index (χ2n) is 6.72. The van der Waals surface area contributed by atoms with Gasteiger partial charge in [0.2, 0.25) is 0 Å². The normalized spacial score (nSPS) is 13.8. The molecule has 1 aliphatic heterocycles. The molecule has 29 heavy (non-hydrogen) atoms.